The van der Waals surface area contributed by atoms with E-state index in [1.807, 2.05) is 0 Å². The lowest BCUT2D eigenvalue weighted by atomic mass is 10.1. The Hall–Kier alpha value is -4.11. The minimum Gasteiger partial charge on any atom is -0.406 e. The number of anilines is 1. The lowest BCUT2D eigenvalue weighted by Gasteiger charge is -2.12. The fourth-order valence-electron chi connectivity index (χ4n) is 3.62. The summed E-state index contributed by atoms with van der Waals surface area (Å²) in [5.41, 5.74) is 1.24. The topological polar surface area (TPSA) is 153 Å². The van der Waals surface area contributed by atoms with Gasteiger partial charge in [0.2, 0.25) is 5.91 Å². The summed E-state index contributed by atoms with van der Waals surface area (Å²) in [5.74, 6) is -1.23. The molecule has 1 unspecified atom stereocenters. The summed E-state index contributed by atoms with van der Waals surface area (Å²) in [4.78, 5) is 24.5. The van der Waals surface area contributed by atoms with Crippen LogP contribution < -0.4 is 15.4 Å². The molecule has 12 nitrogen and oxygen atoms in total. The quantitative estimate of drug-likeness (QED) is 0.235. The first-order valence-corrected chi connectivity index (χ1v) is 12.4. The first-order valence-electron chi connectivity index (χ1n) is 12.4. The van der Waals surface area contributed by atoms with Gasteiger partial charge in [-0.2, -0.15) is 5.10 Å². The van der Waals surface area contributed by atoms with Crippen LogP contribution in [0.4, 0.5) is 19.0 Å². The van der Waals surface area contributed by atoms with E-state index >= 15 is 0 Å². The van der Waals surface area contributed by atoms with Gasteiger partial charge in [0.1, 0.15) is 5.75 Å². The summed E-state index contributed by atoms with van der Waals surface area (Å²) in [6.07, 6.45) is -1.31. The van der Waals surface area contributed by atoms with Crippen molar-refractivity contribution in [2.45, 2.75) is 38.6 Å². The van der Waals surface area contributed by atoms with Crippen molar-refractivity contribution in [2.75, 3.05) is 32.2 Å². The number of methoxy groups -OCH3 is 1. The Morgan fingerprint density at radius 3 is 2.65 bits per heavy atom. The minimum atomic E-state index is -4.81. The maximum Gasteiger partial charge on any atom is 0.573 e. The van der Waals surface area contributed by atoms with Crippen molar-refractivity contribution in [2.24, 2.45) is 5.92 Å². The molecule has 0 aliphatic carbocycles. The average molecular weight is 566 g/mol. The van der Waals surface area contributed by atoms with E-state index in [9.17, 15) is 27.9 Å². The van der Waals surface area contributed by atoms with Crippen LogP contribution in [-0.4, -0.2) is 75.3 Å². The van der Waals surface area contributed by atoms with Gasteiger partial charge in [-0.15, -0.1) is 23.4 Å². The number of carbonyl (C=O) groups excluding carboxylic acids is 2. The molecule has 2 amide bonds. The zero-order chi connectivity index (χ0) is 29.0. The predicted molar refractivity (Wildman–Crippen MR) is 135 cm³/mol. The Kier molecular flexibility index (Phi) is 11.3. The monoisotopic (exact) mass is 565 g/mol. The molecule has 1 aromatic carbocycles. The van der Waals surface area contributed by atoms with Crippen LogP contribution in [0.2, 0.25) is 0 Å². The lowest BCUT2D eigenvalue weighted by Crippen LogP contribution is -2.33. The summed E-state index contributed by atoms with van der Waals surface area (Å²) >= 11 is 0. The van der Waals surface area contributed by atoms with E-state index in [1.165, 1.54) is 19.2 Å². The fraction of sp³-hybridized carbons (Fsp3) is 0.440. The van der Waals surface area contributed by atoms with Crippen molar-refractivity contribution < 1.29 is 37.3 Å². The van der Waals surface area contributed by atoms with Crippen molar-refractivity contribution in [3.8, 4) is 5.75 Å². The second kappa shape index (κ2) is 14.9. The number of alkyl halides is 3. The Morgan fingerprint density at radius 2 is 1.95 bits per heavy atom. The molecule has 3 rings (SSSR count). The van der Waals surface area contributed by atoms with E-state index in [0.29, 0.717) is 30.8 Å². The number of unbranched alkanes of at least 4 members (excludes halogenated alkanes) is 1. The molecular formula is C25H30F3N7O5. The van der Waals surface area contributed by atoms with Crippen LogP contribution in [0.3, 0.4) is 0 Å². The molecule has 0 fully saturated rings. The van der Waals surface area contributed by atoms with E-state index in [-0.39, 0.29) is 42.9 Å². The number of aliphatic hydroxyl groups excluding tert-OH is 1. The van der Waals surface area contributed by atoms with Crippen LogP contribution in [0, 0.1) is 5.92 Å². The molecule has 3 aromatic rings. The summed E-state index contributed by atoms with van der Waals surface area (Å²) < 4.78 is 47.6. The third-order valence-electron chi connectivity index (χ3n) is 5.54. The third-order valence-corrected chi connectivity index (χ3v) is 5.54. The summed E-state index contributed by atoms with van der Waals surface area (Å²) in [6, 6.07) is 8.51. The number of halogens is 3. The molecule has 40 heavy (non-hydrogen) atoms. The van der Waals surface area contributed by atoms with Gasteiger partial charge in [-0.1, -0.05) is 17.3 Å². The number of aryl methyl sites for hydroxylation is 2. The van der Waals surface area contributed by atoms with Crippen LogP contribution in [0.25, 0.3) is 0 Å². The minimum absolute atomic E-state index is 0.106. The molecule has 0 radical (unpaired) electrons. The van der Waals surface area contributed by atoms with Gasteiger partial charge >= 0.3 is 6.36 Å². The van der Waals surface area contributed by atoms with Gasteiger partial charge in [0.15, 0.2) is 11.5 Å². The van der Waals surface area contributed by atoms with E-state index in [4.69, 9.17) is 4.74 Å². The highest BCUT2D eigenvalue weighted by molar-refractivity contribution is 5.92. The maximum absolute atomic E-state index is 12.4. The molecule has 2 heterocycles. The number of aliphatic hydroxyl groups is 1. The number of nitrogens with zero attached hydrogens (tertiary/aromatic N) is 5. The predicted octanol–water partition coefficient (Wildman–Crippen LogP) is 2.16. The highest BCUT2D eigenvalue weighted by atomic mass is 19.4. The second-order valence-corrected chi connectivity index (χ2v) is 8.87. The lowest BCUT2D eigenvalue weighted by molar-refractivity contribution is -0.274. The first-order chi connectivity index (χ1) is 19.1. The molecule has 0 saturated heterocycles. The van der Waals surface area contributed by atoms with Gasteiger partial charge in [0.25, 0.3) is 5.91 Å². The number of benzene rings is 1. The number of nitrogens with one attached hydrogen (secondary N) is 2. The molecule has 0 spiro atoms. The normalized spacial score (nSPS) is 12.1. The number of aromatic nitrogens is 5. The number of hydrogen-bond acceptors (Lipinski definition) is 9. The number of hydrogen-bond donors (Lipinski definition) is 3. The van der Waals surface area contributed by atoms with Gasteiger partial charge in [0.05, 0.1) is 24.9 Å². The molecule has 0 bridgehead atoms. The van der Waals surface area contributed by atoms with E-state index in [2.05, 4.69) is 35.9 Å². The van der Waals surface area contributed by atoms with Crippen LogP contribution in [0.15, 0.2) is 42.6 Å². The van der Waals surface area contributed by atoms with Gasteiger partial charge in [-0.3, -0.25) is 14.3 Å². The van der Waals surface area contributed by atoms with Crippen molar-refractivity contribution in [3.63, 3.8) is 0 Å². The van der Waals surface area contributed by atoms with E-state index in [1.54, 1.807) is 23.0 Å². The number of ether oxygens (including phenoxy) is 2. The summed E-state index contributed by atoms with van der Waals surface area (Å²) in [6.45, 7) is 1.02. The number of amides is 2. The Labute approximate surface area is 227 Å². The van der Waals surface area contributed by atoms with Crippen LogP contribution in [-0.2, 0) is 28.9 Å². The highest BCUT2D eigenvalue weighted by Gasteiger charge is 2.31. The first kappa shape index (κ1) is 30.4. The maximum atomic E-state index is 12.4. The second-order valence-electron chi connectivity index (χ2n) is 8.87. The zero-order valence-electron chi connectivity index (χ0n) is 21.7. The Bertz CT molecular complexity index is 1240. The standard InChI is InChI=1S/C25H30F3N7O5/c1-39-16-18(15-36)13-29-24(38)21-14-35(34-32-21)10-3-2-6-19-8-9-22(33-31-19)30-23(37)12-17-5-4-7-20(11-17)40-25(26,27)28/h4-5,7-9,11,14,18,36H,2-3,6,10,12-13,15-16H2,1H3,(H,29,38)(H,30,33,37). The Balaban J connectivity index is 1.37. The molecule has 15 heteroatoms. The van der Waals surface area contributed by atoms with Crippen molar-refractivity contribution in [1.29, 1.82) is 0 Å². The molecular weight excluding hydrogens is 535 g/mol. The molecule has 0 aliphatic rings. The molecule has 216 valence electrons. The van der Waals surface area contributed by atoms with E-state index in [0.717, 1.165) is 25.0 Å². The van der Waals surface area contributed by atoms with Crippen LogP contribution in [0.5, 0.6) is 5.75 Å². The Morgan fingerprint density at radius 1 is 1.12 bits per heavy atom. The molecule has 0 saturated carbocycles. The average Bonchev–Trinajstić information content (AvgIpc) is 3.38. The van der Waals surface area contributed by atoms with Crippen molar-refractivity contribution >= 4 is 17.6 Å². The highest BCUT2D eigenvalue weighted by Crippen LogP contribution is 2.23. The van der Waals surface area contributed by atoms with Gasteiger partial charge < -0.3 is 25.2 Å². The number of carbonyl (C=O) groups is 2. The van der Waals surface area contributed by atoms with Crippen LogP contribution in [0.1, 0.15) is 34.6 Å². The molecule has 3 N–H and O–H groups in total. The van der Waals surface area contributed by atoms with Gasteiger partial charge in [-0.05, 0) is 49.1 Å². The fourth-order valence-corrected chi connectivity index (χ4v) is 3.62. The van der Waals surface area contributed by atoms with Crippen LogP contribution >= 0.6 is 0 Å². The van der Waals surface area contributed by atoms with Crippen molar-refractivity contribution in [1.82, 2.24) is 30.5 Å². The third kappa shape index (κ3) is 10.6. The molecule has 1 atom stereocenters. The van der Waals surface area contributed by atoms with Gasteiger partial charge in [-0.25, -0.2) is 0 Å². The molecule has 2 aromatic heterocycles. The van der Waals surface area contributed by atoms with Crippen molar-refractivity contribution in [3.05, 3.63) is 59.5 Å². The smallest absolute Gasteiger partial charge is 0.406 e. The van der Waals surface area contributed by atoms with E-state index < -0.39 is 18.0 Å². The SMILES string of the molecule is COCC(CO)CNC(=O)c1cn(CCCCc2ccc(NC(=O)Cc3cccc(OC(F)(F)F)c3)nn2)nn1. The summed E-state index contributed by atoms with van der Waals surface area (Å²) in [7, 11) is 1.52. The van der Waals surface area contributed by atoms with Gasteiger partial charge in [0, 0.05) is 32.7 Å². The number of rotatable bonds is 15. The largest absolute Gasteiger partial charge is 0.573 e. The summed E-state index contributed by atoms with van der Waals surface area (Å²) in [5, 5.41) is 30.4. The molecule has 0 aliphatic heterocycles. The zero-order valence-corrected chi connectivity index (χ0v) is 21.7.